The van der Waals surface area contributed by atoms with Crippen LogP contribution in [0.3, 0.4) is 0 Å². The summed E-state index contributed by atoms with van der Waals surface area (Å²) in [4.78, 5) is 45.7. The summed E-state index contributed by atoms with van der Waals surface area (Å²) in [5.41, 5.74) is -1.02. The molecule has 0 aliphatic carbocycles. The van der Waals surface area contributed by atoms with E-state index in [4.69, 9.17) is 0 Å². The highest BCUT2D eigenvalue weighted by Crippen LogP contribution is 2.33. The summed E-state index contributed by atoms with van der Waals surface area (Å²) in [6, 6.07) is 7.20. The van der Waals surface area contributed by atoms with E-state index in [9.17, 15) is 39.6 Å². The molecule has 2 aromatic carbocycles. The molecular weight excluding hydrogens is 368 g/mol. The number of carboxylic acids is 4. The van der Waals surface area contributed by atoms with Crippen molar-refractivity contribution in [3.8, 4) is 0 Å². The highest BCUT2D eigenvalue weighted by Gasteiger charge is 2.29. The van der Waals surface area contributed by atoms with Crippen molar-refractivity contribution < 1.29 is 39.6 Å². The number of rotatable bonds is 7. The second-order valence-corrected chi connectivity index (χ2v) is 6.91. The molecule has 8 heteroatoms. The zero-order chi connectivity index (χ0) is 21.2. The van der Waals surface area contributed by atoms with E-state index in [1.165, 1.54) is 36.4 Å². The van der Waals surface area contributed by atoms with Crippen LogP contribution in [-0.2, 0) is 11.8 Å². The van der Waals surface area contributed by atoms with Gasteiger partial charge in [0, 0.05) is 0 Å². The van der Waals surface area contributed by atoms with Crippen molar-refractivity contribution >= 4 is 23.9 Å². The van der Waals surface area contributed by atoms with Gasteiger partial charge in [-0.25, -0.2) is 19.2 Å². The van der Waals surface area contributed by atoms with Gasteiger partial charge in [0.25, 0.3) is 0 Å². The Labute approximate surface area is 159 Å². The molecule has 0 atom stereocenters. The van der Waals surface area contributed by atoms with Gasteiger partial charge in [0.05, 0.1) is 22.3 Å². The van der Waals surface area contributed by atoms with E-state index >= 15 is 0 Å². The van der Waals surface area contributed by atoms with E-state index < -0.39 is 29.3 Å². The highest BCUT2D eigenvalue weighted by molar-refractivity contribution is 5.94. The standard InChI is InChI=1S/C20H18O8/c1-20(2,15-8-11(17(23)24)4-6-14(15)19(27)28)9-12-7-10(16(21)22)3-5-13(12)18(25)26/h3-8H,9H2,1-2H3,(H,21,22)(H,23,24)(H,25,26)(H,27,28). The van der Waals surface area contributed by atoms with E-state index in [1.54, 1.807) is 13.8 Å². The number of carbonyl (C=O) groups is 4. The first kappa shape index (κ1) is 20.6. The van der Waals surface area contributed by atoms with Crippen LogP contribution in [0.15, 0.2) is 36.4 Å². The second-order valence-electron chi connectivity index (χ2n) is 6.91. The average molecular weight is 386 g/mol. The molecule has 146 valence electrons. The van der Waals surface area contributed by atoms with Crippen LogP contribution in [-0.4, -0.2) is 44.3 Å². The Bertz CT molecular complexity index is 988. The first-order valence-electron chi connectivity index (χ1n) is 8.14. The van der Waals surface area contributed by atoms with Crippen molar-refractivity contribution in [2.75, 3.05) is 0 Å². The lowest BCUT2D eigenvalue weighted by Crippen LogP contribution is -2.26. The highest BCUT2D eigenvalue weighted by atomic mass is 16.4. The van der Waals surface area contributed by atoms with Crippen LogP contribution in [0.2, 0.25) is 0 Å². The van der Waals surface area contributed by atoms with Crippen LogP contribution in [0.25, 0.3) is 0 Å². The fourth-order valence-electron chi connectivity index (χ4n) is 3.08. The third-order valence-electron chi connectivity index (χ3n) is 4.44. The molecule has 0 radical (unpaired) electrons. The maximum absolute atomic E-state index is 11.6. The summed E-state index contributed by atoms with van der Waals surface area (Å²) in [6.07, 6.45) is -0.0148. The molecule has 28 heavy (non-hydrogen) atoms. The summed E-state index contributed by atoms with van der Waals surface area (Å²) < 4.78 is 0. The van der Waals surface area contributed by atoms with E-state index in [1.807, 2.05) is 0 Å². The summed E-state index contributed by atoms with van der Waals surface area (Å²) in [5, 5.41) is 37.3. The molecule has 0 amide bonds. The lowest BCUT2D eigenvalue weighted by molar-refractivity contribution is 0.0677. The van der Waals surface area contributed by atoms with E-state index in [2.05, 4.69) is 0 Å². The Hall–Kier alpha value is -3.68. The van der Waals surface area contributed by atoms with Crippen molar-refractivity contribution in [2.24, 2.45) is 0 Å². The SMILES string of the molecule is CC(C)(Cc1cc(C(=O)O)ccc1C(=O)O)c1cc(C(=O)O)ccc1C(=O)O. The minimum atomic E-state index is -1.25. The predicted molar refractivity (Wildman–Crippen MR) is 97.5 cm³/mol. The van der Waals surface area contributed by atoms with E-state index in [0.29, 0.717) is 0 Å². The topological polar surface area (TPSA) is 149 Å². The normalized spacial score (nSPS) is 11.1. The van der Waals surface area contributed by atoms with Gasteiger partial charge < -0.3 is 20.4 Å². The number of benzene rings is 2. The molecule has 2 aromatic rings. The monoisotopic (exact) mass is 386 g/mol. The van der Waals surface area contributed by atoms with Crippen LogP contribution < -0.4 is 0 Å². The Kier molecular flexibility index (Phi) is 5.54. The largest absolute Gasteiger partial charge is 0.478 e. The van der Waals surface area contributed by atoms with Crippen LogP contribution in [0.1, 0.15) is 66.4 Å². The third kappa shape index (κ3) is 4.17. The first-order chi connectivity index (χ1) is 12.9. The van der Waals surface area contributed by atoms with Gasteiger partial charge in [0.2, 0.25) is 0 Å². The molecule has 0 unspecified atom stereocenters. The summed E-state index contributed by atoms with van der Waals surface area (Å²) in [7, 11) is 0. The van der Waals surface area contributed by atoms with Crippen LogP contribution in [0, 0.1) is 0 Å². The molecule has 0 aliphatic rings. The third-order valence-corrected chi connectivity index (χ3v) is 4.44. The van der Waals surface area contributed by atoms with Gasteiger partial charge in [-0.2, -0.15) is 0 Å². The van der Waals surface area contributed by atoms with Gasteiger partial charge in [-0.3, -0.25) is 0 Å². The van der Waals surface area contributed by atoms with Gasteiger partial charge >= 0.3 is 23.9 Å². The van der Waals surface area contributed by atoms with Gasteiger partial charge in [0.1, 0.15) is 0 Å². The van der Waals surface area contributed by atoms with Gasteiger partial charge in [-0.15, -0.1) is 0 Å². The Balaban J connectivity index is 2.63. The quantitative estimate of drug-likeness (QED) is 0.567. The molecule has 0 aliphatic heterocycles. The molecule has 0 saturated carbocycles. The van der Waals surface area contributed by atoms with Crippen LogP contribution >= 0.6 is 0 Å². The maximum atomic E-state index is 11.6. The molecule has 0 bridgehead atoms. The fourth-order valence-corrected chi connectivity index (χ4v) is 3.08. The summed E-state index contributed by atoms with van der Waals surface area (Å²) in [6.45, 7) is 3.28. The molecule has 0 fully saturated rings. The minimum absolute atomic E-state index is 0.0148. The summed E-state index contributed by atoms with van der Waals surface area (Å²) >= 11 is 0. The molecule has 8 nitrogen and oxygen atoms in total. The molecule has 2 rings (SSSR count). The average Bonchev–Trinajstić information content (AvgIpc) is 2.60. The fraction of sp³-hybridized carbons (Fsp3) is 0.200. The molecular formula is C20H18O8. The van der Waals surface area contributed by atoms with Gasteiger partial charge in [0.15, 0.2) is 0 Å². The Morgan fingerprint density at radius 1 is 0.714 bits per heavy atom. The van der Waals surface area contributed by atoms with Crippen molar-refractivity contribution in [3.63, 3.8) is 0 Å². The van der Waals surface area contributed by atoms with Crippen LogP contribution in [0.5, 0.6) is 0 Å². The smallest absolute Gasteiger partial charge is 0.335 e. The number of aromatic carboxylic acids is 4. The summed E-state index contributed by atoms with van der Waals surface area (Å²) in [5.74, 6) is -4.96. The maximum Gasteiger partial charge on any atom is 0.335 e. The predicted octanol–water partition coefficient (Wildman–Crippen LogP) is 3.00. The van der Waals surface area contributed by atoms with Gasteiger partial charge in [-0.1, -0.05) is 13.8 Å². The Morgan fingerprint density at radius 2 is 1.18 bits per heavy atom. The van der Waals surface area contributed by atoms with E-state index in [0.717, 1.165) is 0 Å². The van der Waals surface area contributed by atoms with Crippen LogP contribution in [0.4, 0.5) is 0 Å². The minimum Gasteiger partial charge on any atom is -0.478 e. The zero-order valence-electron chi connectivity index (χ0n) is 15.1. The lowest BCUT2D eigenvalue weighted by atomic mass is 9.75. The van der Waals surface area contributed by atoms with Crippen molar-refractivity contribution in [2.45, 2.75) is 25.7 Å². The number of hydrogen-bond donors (Lipinski definition) is 4. The second kappa shape index (κ2) is 7.51. The van der Waals surface area contributed by atoms with Crippen molar-refractivity contribution in [1.29, 1.82) is 0 Å². The molecule has 0 saturated heterocycles. The molecule has 0 heterocycles. The van der Waals surface area contributed by atoms with Gasteiger partial charge in [-0.05, 0) is 59.4 Å². The number of hydrogen-bond acceptors (Lipinski definition) is 4. The molecule has 0 aromatic heterocycles. The van der Waals surface area contributed by atoms with Crippen molar-refractivity contribution in [1.82, 2.24) is 0 Å². The molecule has 0 spiro atoms. The first-order valence-corrected chi connectivity index (χ1v) is 8.14. The molecule has 4 N–H and O–H groups in total. The zero-order valence-corrected chi connectivity index (χ0v) is 15.1. The van der Waals surface area contributed by atoms with E-state index in [-0.39, 0.29) is 39.8 Å². The number of carboxylic acid groups (broad SMARTS) is 4. The van der Waals surface area contributed by atoms with Crippen molar-refractivity contribution in [3.05, 3.63) is 69.8 Å². The lowest BCUT2D eigenvalue weighted by Gasteiger charge is -2.28. The Morgan fingerprint density at radius 3 is 1.64 bits per heavy atom.